The van der Waals surface area contributed by atoms with Gasteiger partial charge in [-0.25, -0.2) is 0 Å². The van der Waals surface area contributed by atoms with Crippen LogP contribution < -0.4 is 10.1 Å². The van der Waals surface area contributed by atoms with Crippen LogP contribution in [0, 0.1) is 6.92 Å². The zero-order valence-corrected chi connectivity index (χ0v) is 10.5. The van der Waals surface area contributed by atoms with E-state index in [1.54, 1.807) is 0 Å². The molecule has 3 nitrogen and oxygen atoms in total. The van der Waals surface area contributed by atoms with Crippen molar-refractivity contribution in [3.05, 3.63) is 42.0 Å². The summed E-state index contributed by atoms with van der Waals surface area (Å²) in [6.45, 7) is 8.53. The highest BCUT2D eigenvalue weighted by Gasteiger charge is 2.01. The molecule has 0 atom stereocenters. The second-order valence-electron chi connectivity index (χ2n) is 4.15. The van der Waals surface area contributed by atoms with Gasteiger partial charge < -0.3 is 10.1 Å². The lowest BCUT2D eigenvalue weighted by Gasteiger charge is -2.07. The van der Waals surface area contributed by atoms with Gasteiger partial charge in [0.05, 0.1) is 13.0 Å². The topological polar surface area (TPSA) is 38.3 Å². The number of rotatable bonds is 6. The average Bonchev–Trinajstić information content (AvgIpc) is 2.26. The average molecular weight is 233 g/mol. The van der Waals surface area contributed by atoms with Gasteiger partial charge in [-0.1, -0.05) is 24.3 Å². The van der Waals surface area contributed by atoms with Crippen LogP contribution in [-0.2, 0) is 4.79 Å². The van der Waals surface area contributed by atoms with Gasteiger partial charge in [0.1, 0.15) is 5.75 Å². The quantitative estimate of drug-likeness (QED) is 0.766. The number of amides is 1. The largest absolute Gasteiger partial charge is 0.493 e. The highest BCUT2D eigenvalue weighted by Crippen LogP contribution is 2.12. The molecule has 1 aromatic rings. The molecule has 0 heterocycles. The molecule has 0 aliphatic carbocycles. The molecular weight excluding hydrogens is 214 g/mol. The third kappa shape index (κ3) is 5.76. The van der Waals surface area contributed by atoms with Crippen molar-refractivity contribution in [3.63, 3.8) is 0 Å². The highest BCUT2D eigenvalue weighted by molar-refractivity contribution is 5.76. The first-order valence-electron chi connectivity index (χ1n) is 5.68. The smallest absolute Gasteiger partial charge is 0.223 e. The van der Waals surface area contributed by atoms with Crippen molar-refractivity contribution in [1.82, 2.24) is 5.32 Å². The predicted octanol–water partition coefficient (Wildman–Crippen LogP) is 2.46. The van der Waals surface area contributed by atoms with Crippen molar-refractivity contribution in [2.45, 2.75) is 20.3 Å². The molecule has 1 rings (SSSR count). The molecule has 0 fully saturated rings. The van der Waals surface area contributed by atoms with E-state index < -0.39 is 0 Å². The SMILES string of the molecule is C=C(C)CNC(=O)CCOc1cccc(C)c1. The molecule has 0 spiro atoms. The molecule has 0 aliphatic heterocycles. The molecule has 3 heteroatoms. The van der Waals surface area contributed by atoms with Gasteiger partial charge in [0.2, 0.25) is 5.91 Å². The van der Waals surface area contributed by atoms with E-state index in [0.717, 1.165) is 16.9 Å². The predicted molar refractivity (Wildman–Crippen MR) is 69.1 cm³/mol. The fourth-order valence-corrected chi connectivity index (χ4v) is 1.30. The van der Waals surface area contributed by atoms with Crippen LogP contribution >= 0.6 is 0 Å². The minimum absolute atomic E-state index is 0.0133. The van der Waals surface area contributed by atoms with Crippen LogP contribution in [0.2, 0.25) is 0 Å². The number of carbonyl (C=O) groups excluding carboxylic acids is 1. The van der Waals surface area contributed by atoms with Crippen molar-refractivity contribution in [2.24, 2.45) is 0 Å². The van der Waals surface area contributed by atoms with Gasteiger partial charge in [0, 0.05) is 6.54 Å². The maximum absolute atomic E-state index is 11.4. The molecule has 1 aromatic carbocycles. The lowest BCUT2D eigenvalue weighted by molar-refractivity contribution is -0.121. The monoisotopic (exact) mass is 233 g/mol. The molecule has 0 aromatic heterocycles. The number of nitrogens with one attached hydrogen (secondary N) is 1. The summed E-state index contributed by atoms with van der Waals surface area (Å²) in [4.78, 5) is 11.4. The Morgan fingerprint density at radius 3 is 2.88 bits per heavy atom. The molecule has 0 unspecified atom stereocenters. The Kier molecular flexibility index (Phi) is 5.27. The van der Waals surface area contributed by atoms with Crippen LogP contribution in [0.1, 0.15) is 18.9 Å². The van der Waals surface area contributed by atoms with Gasteiger partial charge >= 0.3 is 0 Å². The summed E-state index contributed by atoms with van der Waals surface area (Å²) in [6.07, 6.45) is 0.362. The molecule has 17 heavy (non-hydrogen) atoms. The molecule has 0 radical (unpaired) electrons. The van der Waals surface area contributed by atoms with E-state index in [9.17, 15) is 4.79 Å². The van der Waals surface area contributed by atoms with Crippen molar-refractivity contribution in [3.8, 4) is 5.75 Å². The van der Waals surface area contributed by atoms with Gasteiger partial charge in [-0.05, 0) is 31.5 Å². The lowest BCUT2D eigenvalue weighted by Crippen LogP contribution is -2.26. The Bertz CT molecular complexity index is 399. The van der Waals surface area contributed by atoms with Gasteiger partial charge in [0.25, 0.3) is 0 Å². The number of benzene rings is 1. The normalized spacial score (nSPS) is 9.76. The maximum Gasteiger partial charge on any atom is 0.223 e. The Hall–Kier alpha value is -1.77. The molecule has 1 N–H and O–H groups in total. The van der Waals surface area contributed by atoms with Crippen molar-refractivity contribution in [2.75, 3.05) is 13.2 Å². The molecule has 0 aliphatic rings. The van der Waals surface area contributed by atoms with Gasteiger partial charge in [-0.2, -0.15) is 0 Å². The summed E-state index contributed by atoms with van der Waals surface area (Å²) in [7, 11) is 0. The first kappa shape index (κ1) is 13.3. The maximum atomic E-state index is 11.4. The van der Waals surface area contributed by atoms with Crippen LogP contribution in [0.4, 0.5) is 0 Å². The summed E-state index contributed by atoms with van der Waals surface area (Å²) in [5.74, 6) is 0.790. The summed E-state index contributed by atoms with van der Waals surface area (Å²) in [5.41, 5.74) is 2.09. The van der Waals surface area contributed by atoms with E-state index in [1.807, 2.05) is 38.1 Å². The van der Waals surface area contributed by atoms with E-state index in [1.165, 1.54) is 0 Å². The molecule has 0 saturated heterocycles. The van der Waals surface area contributed by atoms with Crippen LogP contribution in [-0.4, -0.2) is 19.1 Å². The highest BCUT2D eigenvalue weighted by atomic mass is 16.5. The lowest BCUT2D eigenvalue weighted by atomic mass is 10.2. The Morgan fingerprint density at radius 1 is 1.47 bits per heavy atom. The van der Waals surface area contributed by atoms with E-state index in [-0.39, 0.29) is 5.91 Å². The number of carbonyl (C=O) groups is 1. The first-order valence-corrected chi connectivity index (χ1v) is 5.68. The molecule has 1 amide bonds. The second-order valence-corrected chi connectivity index (χ2v) is 4.15. The van der Waals surface area contributed by atoms with Gasteiger partial charge in [0.15, 0.2) is 0 Å². The number of hydrogen-bond donors (Lipinski definition) is 1. The Labute approximate surface area is 102 Å². The number of aryl methyl sites for hydroxylation is 1. The van der Waals surface area contributed by atoms with Crippen molar-refractivity contribution in [1.29, 1.82) is 0 Å². The summed E-state index contributed by atoms with van der Waals surface area (Å²) in [6, 6.07) is 7.78. The summed E-state index contributed by atoms with van der Waals surface area (Å²) in [5, 5.41) is 2.76. The third-order valence-corrected chi connectivity index (χ3v) is 2.17. The van der Waals surface area contributed by atoms with Crippen LogP contribution in [0.3, 0.4) is 0 Å². The fourth-order valence-electron chi connectivity index (χ4n) is 1.30. The van der Waals surface area contributed by atoms with Crippen LogP contribution in [0.5, 0.6) is 5.75 Å². The van der Waals surface area contributed by atoms with E-state index in [0.29, 0.717) is 19.6 Å². The Morgan fingerprint density at radius 2 is 2.24 bits per heavy atom. The molecule has 92 valence electrons. The van der Waals surface area contributed by atoms with E-state index >= 15 is 0 Å². The van der Waals surface area contributed by atoms with Crippen LogP contribution in [0.25, 0.3) is 0 Å². The molecular formula is C14H19NO2. The minimum atomic E-state index is -0.0133. The third-order valence-electron chi connectivity index (χ3n) is 2.17. The number of ether oxygens (including phenoxy) is 1. The first-order chi connectivity index (χ1) is 8.08. The van der Waals surface area contributed by atoms with Crippen molar-refractivity contribution >= 4 is 5.91 Å². The Balaban J connectivity index is 2.23. The van der Waals surface area contributed by atoms with E-state index in [2.05, 4.69) is 11.9 Å². The van der Waals surface area contributed by atoms with E-state index in [4.69, 9.17) is 4.74 Å². The second kappa shape index (κ2) is 6.74. The fraction of sp³-hybridized carbons (Fsp3) is 0.357. The molecule has 0 saturated carbocycles. The van der Waals surface area contributed by atoms with Crippen molar-refractivity contribution < 1.29 is 9.53 Å². The minimum Gasteiger partial charge on any atom is -0.493 e. The van der Waals surface area contributed by atoms with Gasteiger partial charge in [-0.15, -0.1) is 0 Å². The standard InChI is InChI=1S/C14H19NO2/c1-11(2)10-15-14(16)7-8-17-13-6-4-5-12(3)9-13/h4-6,9H,1,7-8,10H2,2-3H3,(H,15,16). The zero-order valence-electron chi connectivity index (χ0n) is 10.5. The molecule has 0 bridgehead atoms. The summed E-state index contributed by atoms with van der Waals surface area (Å²) < 4.78 is 5.48. The number of hydrogen-bond acceptors (Lipinski definition) is 2. The van der Waals surface area contributed by atoms with Crippen LogP contribution in [0.15, 0.2) is 36.4 Å². The zero-order chi connectivity index (χ0) is 12.7. The summed E-state index contributed by atoms with van der Waals surface area (Å²) >= 11 is 0. The van der Waals surface area contributed by atoms with Gasteiger partial charge in [-0.3, -0.25) is 4.79 Å².